The highest BCUT2D eigenvalue weighted by Gasteiger charge is 2.33. The van der Waals surface area contributed by atoms with Crippen LogP contribution in [0.25, 0.3) is 0 Å². The van der Waals surface area contributed by atoms with E-state index in [1.54, 1.807) is 12.1 Å². The van der Waals surface area contributed by atoms with Gasteiger partial charge in [0.2, 0.25) is 15.9 Å². The molecule has 2 N–H and O–H groups in total. The number of amides is 1. The summed E-state index contributed by atoms with van der Waals surface area (Å²) in [6.07, 6.45) is -4.37. The second-order valence-electron chi connectivity index (χ2n) is 7.05. The molecule has 0 saturated heterocycles. The van der Waals surface area contributed by atoms with E-state index in [9.17, 15) is 26.4 Å². The molecule has 0 radical (unpaired) electrons. The van der Waals surface area contributed by atoms with Gasteiger partial charge in [0.25, 0.3) is 0 Å². The van der Waals surface area contributed by atoms with Crippen molar-refractivity contribution in [2.24, 2.45) is 0 Å². The van der Waals surface area contributed by atoms with E-state index < -0.39 is 27.7 Å². The average Bonchev–Trinajstić information content (AvgIpc) is 2.77. The minimum absolute atomic E-state index is 0.0510. The van der Waals surface area contributed by atoms with E-state index in [0.717, 1.165) is 11.6 Å². The molecule has 0 aromatic heterocycles. The highest BCUT2D eigenvalue weighted by molar-refractivity contribution is 7.89. The number of para-hydroxylation sites is 1. The standard InChI is InChI=1S/C23H21F3N2O3S/c24-23(25,26)20-8-4-5-9-21(20)28-22(29)15-12-17-10-13-19(14-11-17)32(30,31)27-16-18-6-2-1-3-7-18/h1-11,13-14,27H,12,15-16H2,(H,28,29). The van der Waals surface area contributed by atoms with E-state index >= 15 is 0 Å². The summed E-state index contributed by atoms with van der Waals surface area (Å²) in [7, 11) is -3.70. The van der Waals surface area contributed by atoms with Crippen LogP contribution in [0, 0.1) is 0 Å². The fourth-order valence-corrected chi connectivity index (χ4v) is 4.02. The molecule has 5 nitrogen and oxygen atoms in total. The Labute approximate surface area is 184 Å². The van der Waals surface area contributed by atoms with Gasteiger partial charge < -0.3 is 5.32 Å². The Bertz CT molecular complexity index is 1160. The third kappa shape index (κ3) is 6.41. The largest absolute Gasteiger partial charge is 0.418 e. The molecule has 3 rings (SSSR count). The number of hydrogen-bond acceptors (Lipinski definition) is 3. The van der Waals surface area contributed by atoms with Gasteiger partial charge in [-0.15, -0.1) is 0 Å². The van der Waals surface area contributed by atoms with Crippen LogP contribution in [0.3, 0.4) is 0 Å². The molecule has 0 aliphatic rings. The summed E-state index contributed by atoms with van der Waals surface area (Å²) in [4.78, 5) is 12.2. The van der Waals surface area contributed by atoms with Gasteiger partial charge in [0.15, 0.2) is 0 Å². The van der Waals surface area contributed by atoms with Crippen LogP contribution in [0.2, 0.25) is 0 Å². The average molecular weight is 462 g/mol. The zero-order chi connectivity index (χ0) is 23.2. The zero-order valence-corrected chi connectivity index (χ0v) is 17.7. The maximum Gasteiger partial charge on any atom is 0.418 e. The number of nitrogens with one attached hydrogen (secondary N) is 2. The number of carbonyl (C=O) groups is 1. The first kappa shape index (κ1) is 23.5. The Kier molecular flexibility index (Phi) is 7.32. The predicted molar refractivity (Wildman–Crippen MR) is 115 cm³/mol. The van der Waals surface area contributed by atoms with Crippen LogP contribution < -0.4 is 10.0 Å². The van der Waals surface area contributed by atoms with Crippen molar-refractivity contribution in [3.63, 3.8) is 0 Å². The molecule has 0 unspecified atom stereocenters. The number of aryl methyl sites for hydroxylation is 1. The Morgan fingerprint density at radius 3 is 2.09 bits per heavy atom. The number of sulfonamides is 1. The first-order valence-electron chi connectivity index (χ1n) is 9.74. The first-order chi connectivity index (χ1) is 15.1. The summed E-state index contributed by atoms with van der Waals surface area (Å²) in [5, 5.41) is 2.29. The topological polar surface area (TPSA) is 75.3 Å². The van der Waals surface area contributed by atoms with Crippen LogP contribution in [0.1, 0.15) is 23.1 Å². The molecule has 3 aromatic rings. The van der Waals surface area contributed by atoms with Gasteiger partial charge in [-0.05, 0) is 41.8 Å². The van der Waals surface area contributed by atoms with Crippen molar-refractivity contribution in [2.45, 2.75) is 30.5 Å². The Morgan fingerprint density at radius 2 is 1.44 bits per heavy atom. The third-order valence-corrected chi connectivity index (χ3v) is 6.11. The number of benzene rings is 3. The quantitative estimate of drug-likeness (QED) is 0.507. The minimum Gasteiger partial charge on any atom is -0.325 e. The van der Waals surface area contributed by atoms with Crippen molar-refractivity contribution in [2.75, 3.05) is 5.32 Å². The predicted octanol–water partition coefficient (Wildman–Crippen LogP) is 4.76. The molecule has 0 atom stereocenters. The summed E-state index contributed by atoms with van der Waals surface area (Å²) in [5.41, 5.74) is 0.305. The molecule has 9 heteroatoms. The molecule has 0 aliphatic carbocycles. The van der Waals surface area contributed by atoms with E-state index in [2.05, 4.69) is 10.0 Å². The van der Waals surface area contributed by atoms with Crippen LogP contribution in [0.5, 0.6) is 0 Å². The SMILES string of the molecule is O=C(CCc1ccc(S(=O)(=O)NCc2ccccc2)cc1)Nc1ccccc1C(F)(F)F. The number of halogens is 3. The van der Waals surface area contributed by atoms with Crippen LogP contribution in [-0.2, 0) is 34.0 Å². The van der Waals surface area contributed by atoms with Gasteiger partial charge >= 0.3 is 6.18 Å². The van der Waals surface area contributed by atoms with Gasteiger partial charge in [-0.1, -0.05) is 54.6 Å². The highest BCUT2D eigenvalue weighted by atomic mass is 32.2. The Balaban J connectivity index is 1.56. The first-order valence-corrected chi connectivity index (χ1v) is 11.2. The number of anilines is 1. The number of hydrogen-bond donors (Lipinski definition) is 2. The number of alkyl halides is 3. The lowest BCUT2D eigenvalue weighted by Crippen LogP contribution is -2.23. The number of rotatable bonds is 8. The molecule has 3 aromatic carbocycles. The molecule has 0 spiro atoms. The fourth-order valence-electron chi connectivity index (χ4n) is 3.00. The third-order valence-electron chi connectivity index (χ3n) is 4.69. The Hall–Kier alpha value is -3.17. The molecular formula is C23H21F3N2O3S. The Morgan fingerprint density at radius 1 is 0.812 bits per heavy atom. The fraction of sp³-hybridized carbons (Fsp3) is 0.174. The normalized spacial score (nSPS) is 11.8. The maximum absolute atomic E-state index is 13.0. The molecule has 0 bridgehead atoms. The maximum atomic E-state index is 13.0. The van der Waals surface area contributed by atoms with Gasteiger partial charge in [-0.2, -0.15) is 13.2 Å². The summed E-state index contributed by atoms with van der Waals surface area (Å²) < 4.78 is 66.5. The van der Waals surface area contributed by atoms with Gasteiger partial charge in [0.1, 0.15) is 0 Å². The molecule has 0 aliphatic heterocycles. The molecule has 0 fully saturated rings. The van der Waals surface area contributed by atoms with E-state index in [1.165, 1.54) is 30.3 Å². The van der Waals surface area contributed by atoms with E-state index in [0.29, 0.717) is 5.56 Å². The highest BCUT2D eigenvalue weighted by Crippen LogP contribution is 2.34. The van der Waals surface area contributed by atoms with Crippen molar-refractivity contribution in [1.29, 1.82) is 0 Å². The van der Waals surface area contributed by atoms with Crippen molar-refractivity contribution < 1.29 is 26.4 Å². The summed E-state index contributed by atoms with van der Waals surface area (Å²) in [5.74, 6) is -0.567. The van der Waals surface area contributed by atoms with E-state index in [1.807, 2.05) is 30.3 Å². The van der Waals surface area contributed by atoms with Crippen molar-refractivity contribution >= 4 is 21.6 Å². The van der Waals surface area contributed by atoms with Crippen LogP contribution in [0.4, 0.5) is 18.9 Å². The van der Waals surface area contributed by atoms with Gasteiger partial charge in [-0.25, -0.2) is 13.1 Å². The lowest BCUT2D eigenvalue weighted by molar-refractivity contribution is -0.137. The molecule has 32 heavy (non-hydrogen) atoms. The van der Waals surface area contributed by atoms with Crippen LogP contribution >= 0.6 is 0 Å². The summed E-state index contributed by atoms with van der Waals surface area (Å²) in [6, 6.07) is 19.9. The molecule has 1 amide bonds. The van der Waals surface area contributed by atoms with Crippen LogP contribution in [0.15, 0.2) is 83.8 Å². The van der Waals surface area contributed by atoms with E-state index in [-0.39, 0.29) is 30.0 Å². The second-order valence-corrected chi connectivity index (χ2v) is 8.81. The molecule has 0 heterocycles. The minimum atomic E-state index is -4.57. The van der Waals surface area contributed by atoms with Crippen LogP contribution in [-0.4, -0.2) is 14.3 Å². The smallest absolute Gasteiger partial charge is 0.325 e. The van der Waals surface area contributed by atoms with Crippen molar-refractivity contribution in [3.05, 3.63) is 95.6 Å². The monoisotopic (exact) mass is 462 g/mol. The molecule has 0 saturated carbocycles. The lowest BCUT2D eigenvalue weighted by atomic mass is 10.1. The lowest BCUT2D eigenvalue weighted by Gasteiger charge is -2.13. The van der Waals surface area contributed by atoms with E-state index in [4.69, 9.17) is 0 Å². The van der Waals surface area contributed by atoms with Gasteiger partial charge in [0, 0.05) is 13.0 Å². The second kappa shape index (κ2) is 9.97. The zero-order valence-electron chi connectivity index (χ0n) is 16.9. The van der Waals surface area contributed by atoms with Gasteiger partial charge in [-0.3, -0.25) is 4.79 Å². The molecule has 168 valence electrons. The van der Waals surface area contributed by atoms with Crippen molar-refractivity contribution in [1.82, 2.24) is 4.72 Å². The number of carbonyl (C=O) groups excluding carboxylic acids is 1. The molecular weight excluding hydrogens is 441 g/mol. The van der Waals surface area contributed by atoms with Gasteiger partial charge in [0.05, 0.1) is 16.1 Å². The van der Waals surface area contributed by atoms with Crippen molar-refractivity contribution in [3.8, 4) is 0 Å². The summed E-state index contributed by atoms with van der Waals surface area (Å²) >= 11 is 0. The summed E-state index contributed by atoms with van der Waals surface area (Å²) in [6.45, 7) is 0.157.